The van der Waals surface area contributed by atoms with E-state index in [-0.39, 0.29) is 18.5 Å². The van der Waals surface area contributed by atoms with Crippen molar-refractivity contribution < 1.29 is 4.79 Å². The Bertz CT molecular complexity index is 1200. The van der Waals surface area contributed by atoms with Crippen LogP contribution in [0.5, 0.6) is 0 Å². The summed E-state index contributed by atoms with van der Waals surface area (Å²) in [6.07, 6.45) is 0. The molecule has 4 aromatic rings. The molecule has 0 bridgehead atoms. The fraction of sp³-hybridized carbons (Fsp3) is 0.111. The average molecular weight is 349 g/mol. The van der Waals surface area contributed by atoms with Crippen LogP contribution in [0.3, 0.4) is 0 Å². The van der Waals surface area contributed by atoms with E-state index in [0.29, 0.717) is 11.2 Å². The number of aromatic amines is 2. The van der Waals surface area contributed by atoms with Crippen molar-refractivity contribution in [1.29, 1.82) is 0 Å². The Labute approximate surface area is 146 Å². The lowest BCUT2D eigenvalue weighted by Crippen LogP contribution is -2.36. The van der Waals surface area contributed by atoms with Gasteiger partial charge in [0.25, 0.3) is 11.1 Å². The van der Waals surface area contributed by atoms with Gasteiger partial charge in [0.15, 0.2) is 0 Å². The molecule has 0 fully saturated rings. The third-order valence-electron chi connectivity index (χ3n) is 4.08. The van der Waals surface area contributed by atoms with E-state index in [1.165, 1.54) is 0 Å². The number of benzene rings is 2. The zero-order valence-corrected chi connectivity index (χ0v) is 13.7. The van der Waals surface area contributed by atoms with Crippen molar-refractivity contribution in [2.24, 2.45) is 0 Å². The lowest BCUT2D eigenvalue weighted by atomic mass is 10.2. The van der Waals surface area contributed by atoms with Gasteiger partial charge in [-0.1, -0.05) is 24.3 Å². The maximum atomic E-state index is 12.4. The van der Waals surface area contributed by atoms with E-state index in [4.69, 9.17) is 0 Å². The largest absolute Gasteiger partial charge is 0.347 e. The van der Waals surface area contributed by atoms with Gasteiger partial charge in [-0.3, -0.25) is 19.5 Å². The Kier molecular flexibility index (Phi) is 3.85. The number of aromatic nitrogens is 4. The molecule has 3 N–H and O–H groups in total. The van der Waals surface area contributed by atoms with Crippen molar-refractivity contribution in [2.75, 3.05) is 0 Å². The quantitative estimate of drug-likeness (QED) is 0.508. The summed E-state index contributed by atoms with van der Waals surface area (Å²) in [5.74, 6) is 0.206. The van der Waals surface area contributed by atoms with Crippen molar-refractivity contribution in [1.82, 2.24) is 25.1 Å². The monoisotopic (exact) mass is 349 g/mol. The summed E-state index contributed by atoms with van der Waals surface area (Å²) in [4.78, 5) is 44.1. The first kappa shape index (κ1) is 15.8. The number of carbonyl (C=O) groups is 1. The van der Waals surface area contributed by atoms with Gasteiger partial charge in [-0.2, -0.15) is 0 Å². The highest BCUT2D eigenvalue weighted by atomic mass is 16.2. The maximum absolute atomic E-state index is 12.4. The summed E-state index contributed by atoms with van der Waals surface area (Å²) in [7, 11) is 0. The Morgan fingerprint density at radius 3 is 2.58 bits per heavy atom. The van der Waals surface area contributed by atoms with Gasteiger partial charge in [-0.05, 0) is 24.3 Å². The molecule has 8 nitrogen and oxygen atoms in total. The zero-order valence-electron chi connectivity index (χ0n) is 13.7. The minimum atomic E-state index is -0.418. The number of hydrogen-bond donors (Lipinski definition) is 3. The highest BCUT2D eigenvalue weighted by Crippen LogP contribution is 2.09. The molecule has 2 aromatic carbocycles. The van der Waals surface area contributed by atoms with Crippen molar-refractivity contribution in [3.63, 3.8) is 0 Å². The highest BCUT2D eigenvalue weighted by Gasteiger charge is 2.10. The summed E-state index contributed by atoms with van der Waals surface area (Å²) < 4.78 is 1.01. The molecule has 0 spiro atoms. The fourth-order valence-electron chi connectivity index (χ4n) is 2.83. The Balaban J connectivity index is 1.51. The van der Waals surface area contributed by atoms with Gasteiger partial charge in [0.2, 0.25) is 5.91 Å². The summed E-state index contributed by atoms with van der Waals surface area (Å²) in [5.41, 5.74) is 0.864. The summed E-state index contributed by atoms with van der Waals surface area (Å²) in [5, 5.41) is 5.70. The lowest BCUT2D eigenvalue weighted by Gasteiger charge is -2.07. The van der Waals surface area contributed by atoms with Crippen LogP contribution in [0, 0.1) is 0 Å². The molecular formula is C18H15N5O3. The minimum absolute atomic E-state index is 0.195. The number of nitrogens with one attached hydrogen (secondary N) is 3. The van der Waals surface area contributed by atoms with Gasteiger partial charge < -0.3 is 10.3 Å². The van der Waals surface area contributed by atoms with Crippen LogP contribution in [0.15, 0.2) is 58.1 Å². The number of fused-ring (bicyclic) bond motifs is 2. The second-order valence-corrected chi connectivity index (χ2v) is 5.86. The third-order valence-corrected chi connectivity index (χ3v) is 4.08. The number of nitrogens with zero attached hydrogens (tertiary/aromatic N) is 2. The molecule has 0 saturated heterocycles. The van der Waals surface area contributed by atoms with Crippen molar-refractivity contribution in [3.8, 4) is 0 Å². The van der Waals surface area contributed by atoms with Gasteiger partial charge in [-0.15, -0.1) is 0 Å². The SMILES string of the molecule is O=C(Cn1[nH]c(=O)c2ccccc2c1=O)NCc1nc2ccccc2[nH]1. The topological polar surface area (TPSA) is 113 Å². The van der Waals surface area contributed by atoms with Crippen molar-refractivity contribution >= 4 is 27.7 Å². The van der Waals surface area contributed by atoms with Crippen LogP contribution in [-0.4, -0.2) is 25.7 Å². The van der Waals surface area contributed by atoms with Crippen LogP contribution in [-0.2, 0) is 17.9 Å². The number of carbonyl (C=O) groups excluding carboxylic acids is 1. The predicted octanol–water partition coefficient (Wildman–Crippen LogP) is 0.882. The molecule has 0 atom stereocenters. The van der Waals surface area contributed by atoms with Crippen molar-refractivity contribution in [3.05, 3.63) is 75.1 Å². The second kappa shape index (κ2) is 6.32. The smallest absolute Gasteiger partial charge is 0.273 e. The molecule has 0 aliphatic carbocycles. The molecule has 2 heterocycles. The number of hydrogen-bond acceptors (Lipinski definition) is 4. The maximum Gasteiger partial charge on any atom is 0.273 e. The van der Waals surface area contributed by atoms with Crippen LogP contribution in [0.4, 0.5) is 0 Å². The number of amides is 1. The van der Waals surface area contributed by atoms with Gasteiger partial charge in [0, 0.05) is 0 Å². The van der Waals surface area contributed by atoms with E-state index < -0.39 is 17.0 Å². The van der Waals surface area contributed by atoms with Crippen molar-refractivity contribution in [2.45, 2.75) is 13.1 Å². The number of imidazole rings is 1. The Morgan fingerprint density at radius 2 is 1.77 bits per heavy atom. The van der Waals surface area contributed by atoms with Crippen LogP contribution in [0.2, 0.25) is 0 Å². The zero-order chi connectivity index (χ0) is 18.1. The highest BCUT2D eigenvalue weighted by molar-refractivity contribution is 5.81. The number of rotatable bonds is 4. The van der Waals surface area contributed by atoms with E-state index in [2.05, 4.69) is 20.4 Å². The van der Waals surface area contributed by atoms with E-state index in [1.54, 1.807) is 24.3 Å². The first-order valence-corrected chi connectivity index (χ1v) is 8.04. The fourth-order valence-corrected chi connectivity index (χ4v) is 2.83. The number of H-pyrrole nitrogens is 2. The molecule has 26 heavy (non-hydrogen) atoms. The molecular weight excluding hydrogens is 334 g/mol. The normalized spacial score (nSPS) is 11.1. The van der Waals surface area contributed by atoms with E-state index in [9.17, 15) is 14.4 Å². The summed E-state index contributed by atoms with van der Waals surface area (Å²) in [6, 6.07) is 14.0. The Morgan fingerprint density at radius 1 is 1.04 bits per heavy atom. The van der Waals surface area contributed by atoms with E-state index in [0.717, 1.165) is 15.7 Å². The first-order valence-electron chi connectivity index (χ1n) is 8.04. The van der Waals surface area contributed by atoms with Crippen LogP contribution in [0.1, 0.15) is 5.82 Å². The molecule has 0 aliphatic heterocycles. The minimum Gasteiger partial charge on any atom is -0.347 e. The molecule has 0 aliphatic rings. The molecule has 4 rings (SSSR count). The predicted molar refractivity (Wildman–Crippen MR) is 96.8 cm³/mol. The second-order valence-electron chi connectivity index (χ2n) is 5.86. The third kappa shape index (κ3) is 2.88. The summed E-state index contributed by atoms with van der Waals surface area (Å²) in [6.45, 7) is -0.0841. The van der Waals surface area contributed by atoms with Gasteiger partial charge >= 0.3 is 0 Å². The molecule has 0 radical (unpaired) electrons. The van der Waals surface area contributed by atoms with Crippen LogP contribution < -0.4 is 16.4 Å². The Hall–Kier alpha value is -3.68. The molecule has 2 aromatic heterocycles. The standard InChI is InChI=1S/C18H15N5O3/c24-16(19-9-15-20-13-7-3-4-8-14(13)21-15)10-23-18(26)12-6-2-1-5-11(12)17(25)22-23/h1-8H,9-10H2,(H,19,24)(H,20,21)(H,22,25). The van der Waals surface area contributed by atoms with E-state index in [1.807, 2.05) is 24.3 Å². The molecule has 0 unspecified atom stereocenters. The molecule has 8 heteroatoms. The molecule has 1 amide bonds. The van der Waals surface area contributed by atoms with E-state index >= 15 is 0 Å². The number of para-hydroxylation sites is 2. The van der Waals surface area contributed by atoms with Gasteiger partial charge in [-0.25, -0.2) is 9.67 Å². The lowest BCUT2D eigenvalue weighted by molar-refractivity contribution is -0.122. The average Bonchev–Trinajstić information content (AvgIpc) is 3.07. The summed E-state index contributed by atoms with van der Waals surface area (Å²) >= 11 is 0. The first-order chi connectivity index (χ1) is 12.6. The van der Waals surface area contributed by atoms with Crippen LogP contribution >= 0.6 is 0 Å². The van der Waals surface area contributed by atoms with Crippen LogP contribution in [0.25, 0.3) is 21.8 Å². The van der Waals surface area contributed by atoms with Gasteiger partial charge in [0.1, 0.15) is 12.4 Å². The molecule has 0 saturated carbocycles. The van der Waals surface area contributed by atoms with Gasteiger partial charge in [0.05, 0.1) is 28.4 Å². The molecule has 130 valence electrons.